The van der Waals surface area contributed by atoms with Gasteiger partial charge < -0.3 is 9.84 Å². The average Bonchev–Trinajstić information content (AvgIpc) is 3.31. The first kappa shape index (κ1) is 23.1. The number of aromatic nitrogens is 4. The van der Waals surface area contributed by atoms with Gasteiger partial charge in [0.05, 0.1) is 23.6 Å². The zero-order chi connectivity index (χ0) is 23.8. The van der Waals surface area contributed by atoms with Gasteiger partial charge in [-0.1, -0.05) is 0 Å². The Bertz CT molecular complexity index is 1200. The quantitative estimate of drug-likeness (QED) is 0.541. The Morgan fingerprint density at radius 3 is 2.52 bits per heavy atom. The van der Waals surface area contributed by atoms with Gasteiger partial charge in [0, 0.05) is 53.5 Å². The van der Waals surface area contributed by atoms with Crippen molar-refractivity contribution in [2.75, 3.05) is 11.5 Å². The zero-order valence-corrected chi connectivity index (χ0v) is 18.1. The van der Waals surface area contributed by atoms with Crippen LogP contribution < -0.4 is 4.74 Å². The lowest BCUT2D eigenvalue weighted by Crippen LogP contribution is -2.21. The highest BCUT2D eigenvalue weighted by Crippen LogP contribution is 2.28. The van der Waals surface area contributed by atoms with Gasteiger partial charge in [-0.3, -0.25) is 13.7 Å². The van der Waals surface area contributed by atoms with Gasteiger partial charge in [-0.15, -0.1) is 13.2 Å². The number of aliphatic hydroxyl groups is 1. The predicted molar refractivity (Wildman–Crippen MR) is 113 cm³/mol. The summed E-state index contributed by atoms with van der Waals surface area (Å²) in [5.41, 5.74) is 1.40. The summed E-state index contributed by atoms with van der Waals surface area (Å²) < 4.78 is 54.5. The van der Waals surface area contributed by atoms with Crippen LogP contribution >= 0.6 is 0 Å². The van der Waals surface area contributed by atoms with Crippen LogP contribution in [-0.2, 0) is 17.8 Å². The fraction of sp³-hybridized carbons (Fsp3) is 0.333. The summed E-state index contributed by atoms with van der Waals surface area (Å²) in [6.45, 7) is 0. The molecule has 2 aromatic heterocycles. The third kappa shape index (κ3) is 5.63. The molecule has 0 aliphatic carbocycles. The molecule has 174 valence electrons. The van der Waals surface area contributed by atoms with E-state index in [9.17, 15) is 27.3 Å². The molecule has 1 aromatic carbocycles. The molecule has 12 heteroatoms. The Kier molecular flexibility index (Phi) is 6.30. The molecule has 3 heterocycles. The van der Waals surface area contributed by atoms with Crippen LogP contribution in [0.25, 0.3) is 22.6 Å². The number of hydrogen-bond donors (Lipinski definition) is 1. The fourth-order valence-corrected chi connectivity index (χ4v) is 5.12. The molecule has 33 heavy (non-hydrogen) atoms. The standard InChI is InChI=1S/C21H19F3N4O4S/c1-28-9-14(8-25-28)20-26-16(12-2-4-15(5-3-12)32-21(22,23)24)7-17(27-20)18(29)6-13-10-33(31)11-19(13)30/h2-5,7-9,13,19,30H,6,10-11H2,1H3/t13-,19-,33?/m0/s1. The summed E-state index contributed by atoms with van der Waals surface area (Å²) in [5, 5.41) is 14.1. The number of benzene rings is 1. The van der Waals surface area contributed by atoms with Crippen LogP contribution in [0.3, 0.4) is 0 Å². The Hall–Kier alpha value is -3.12. The number of ether oxygens (including phenoxy) is 1. The Morgan fingerprint density at radius 2 is 1.94 bits per heavy atom. The van der Waals surface area contributed by atoms with E-state index < -0.39 is 29.2 Å². The molecule has 3 atom stereocenters. The van der Waals surface area contributed by atoms with E-state index in [-0.39, 0.29) is 41.0 Å². The molecule has 0 spiro atoms. The number of alkyl halides is 3. The zero-order valence-electron chi connectivity index (χ0n) is 17.3. The number of halogens is 3. The monoisotopic (exact) mass is 480 g/mol. The molecule has 0 bridgehead atoms. The van der Waals surface area contributed by atoms with Crippen molar-refractivity contribution < 1.29 is 32.0 Å². The smallest absolute Gasteiger partial charge is 0.406 e. The van der Waals surface area contributed by atoms with E-state index in [1.165, 1.54) is 24.4 Å². The number of nitrogens with zero attached hydrogens (tertiary/aromatic N) is 4. The van der Waals surface area contributed by atoms with Crippen LogP contribution in [0.2, 0.25) is 0 Å². The molecular formula is C21H19F3N4O4S. The lowest BCUT2D eigenvalue weighted by Gasteiger charge is -2.13. The van der Waals surface area contributed by atoms with E-state index in [1.54, 1.807) is 17.9 Å². The van der Waals surface area contributed by atoms with E-state index in [2.05, 4.69) is 19.8 Å². The minimum absolute atomic E-state index is 0.0335. The second kappa shape index (κ2) is 9.02. The van der Waals surface area contributed by atoms with Gasteiger partial charge >= 0.3 is 6.36 Å². The summed E-state index contributed by atoms with van der Waals surface area (Å²) in [5.74, 6) is -0.579. The first-order valence-corrected chi connectivity index (χ1v) is 11.4. The van der Waals surface area contributed by atoms with Crippen molar-refractivity contribution in [1.82, 2.24) is 19.7 Å². The highest BCUT2D eigenvalue weighted by atomic mass is 32.2. The molecule has 4 rings (SSSR count). The number of Topliss-reactive ketones (excluding diaryl/α,β-unsaturated/α-hetero) is 1. The van der Waals surface area contributed by atoms with Crippen molar-refractivity contribution in [1.29, 1.82) is 0 Å². The summed E-state index contributed by atoms with van der Waals surface area (Å²) in [7, 11) is 0.540. The average molecular weight is 480 g/mol. The number of carbonyl (C=O) groups excluding carboxylic acids is 1. The predicted octanol–water partition coefficient (Wildman–Crippen LogP) is 2.75. The maximum absolute atomic E-state index is 13.0. The Morgan fingerprint density at radius 1 is 1.21 bits per heavy atom. The van der Waals surface area contributed by atoms with Gasteiger partial charge in [-0.05, 0) is 30.3 Å². The van der Waals surface area contributed by atoms with Gasteiger partial charge in [0.2, 0.25) is 0 Å². The third-order valence-electron chi connectivity index (χ3n) is 5.11. The maximum atomic E-state index is 13.0. The van der Waals surface area contributed by atoms with E-state index in [0.29, 0.717) is 16.8 Å². The molecule has 1 fully saturated rings. The number of rotatable bonds is 6. The molecule has 3 aromatic rings. The van der Waals surface area contributed by atoms with Crippen molar-refractivity contribution in [2.45, 2.75) is 18.9 Å². The number of aryl methyl sites for hydroxylation is 1. The minimum Gasteiger partial charge on any atom is -0.406 e. The Balaban J connectivity index is 1.68. The Labute approximate surface area is 188 Å². The van der Waals surface area contributed by atoms with E-state index in [0.717, 1.165) is 12.1 Å². The lowest BCUT2D eigenvalue weighted by molar-refractivity contribution is -0.274. The normalized spacial score (nSPS) is 20.7. The molecule has 0 radical (unpaired) electrons. The summed E-state index contributed by atoms with van der Waals surface area (Å²) in [6, 6.07) is 6.55. The van der Waals surface area contributed by atoms with Gasteiger partial charge in [0.1, 0.15) is 11.4 Å². The molecule has 0 saturated carbocycles. The van der Waals surface area contributed by atoms with Gasteiger partial charge in [0.15, 0.2) is 11.6 Å². The van der Waals surface area contributed by atoms with Crippen LogP contribution in [0.15, 0.2) is 42.7 Å². The molecular weight excluding hydrogens is 461 g/mol. The van der Waals surface area contributed by atoms with E-state index in [1.807, 2.05) is 0 Å². The molecule has 1 saturated heterocycles. The van der Waals surface area contributed by atoms with Crippen molar-refractivity contribution in [3.8, 4) is 28.4 Å². The first-order valence-electron chi connectivity index (χ1n) is 9.88. The number of ketones is 1. The first-order chi connectivity index (χ1) is 15.6. The summed E-state index contributed by atoms with van der Waals surface area (Å²) >= 11 is 0. The van der Waals surface area contributed by atoms with Crippen LogP contribution in [0.1, 0.15) is 16.9 Å². The number of hydrogen-bond acceptors (Lipinski definition) is 7. The number of carbonyl (C=O) groups is 1. The molecule has 0 amide bonds. The van der Waals surface area contributed by atoms with Crippen molar-refractivity contribution in [3.63, 3.8) is 0 Å². The maximum Gasteiger partial charge on any atom is 0.573 e. The summed E-state index contributed by atoms with van der Waals surface area (Å²) in [4.78, 5) is 21.8. The van der Waals surface area contributed by atoms with Gasteiger partial charge in [-0.25, -0.2) is 9.97 Å². The topological polar surface area (TPSA) is 107 Å². The fourth-order valence-electron chi connectivity index (χ4n) is 3.51. The van der Waals surface area contributed by atoms with Crippen LogP contribution in [0, 0.1) is 5.92 Å². The van der Waals surface area contributed by atoms with Crippen molar-refractivity contribution >= 4 is 16.6 Å². The van der Waals surface area contributed by atoms with Crippen molar-refractivity contribution in [3.05, 3.63) is 48.4 Å². The molecule has 1 aliphatic heterocycles. The van der Waals surface area contributed by atoms with Gasteiger partial charge in [-0.2, -0.15) is 5.10 Å². The molecule has 1 aliphatic rings. The molecule has 8 nitrogen and oxygen atoms in total. The van der Waals surface area contributed by atoms with Crippen LogP contribution in [0.4, 0.5) is 13.2 Å². The largest absolute Gasteiger partial charge is 0.573 e. The number of aliphatic hydroxyl groups excluding tert-OH is 1. The lowest BCUT2D eigenvalue weighted by atomic mass is 9.97. The highest BCUT2D eigenvalue weighted by Gasteiger charge is 2.33. The van der Waals surface area contributed by atoms with E-state index >= 15 is 0 Å². The van der Waals surface area contributed by atoms with Crippen molar-refractivity contribution in [2.24, 2.45) is 13.0 Å². The second-order valence-electron chi connectivity index (χ2n) is 7.66. The molecule has 1 unspecified atom stereocenters. The minimum atomic E-state index is -4.81. The van der Waals surface area contributed by atoms with E-state index in [4.69, 9.17) is 0 Å². The highest BCUT2D eigenvalue weighted by molar-refractivity contribution is 7.85. The third-order valence-corrected chi connectivity index (χ3v) is 6.62. The van der Waals surface area contributed by atoms with Gasteiger partial charge in [0.25, 0.3) is 0 Å². The van der Waals surface area contributed by atoms with Crippen LogP contribution in [-0.4, -0.2) is 58.8 Å². The summed E-state index contributed by atoms with van der Waals surface area (Å²) in [6.07, 6.45) is -2.48. The molecule has 1 N–H and O–H groups in total. The SMILES string of the molecule is Cn1cc(-c2nc(C(=O)C[C@H]3CS(=O)C[C@@H]3O)cc(-c3ccc(OC(F)(F)F)cc3)n2)cn1. The van der Waals surface area contributed by atoms with Crippen LogP contribution in [0.5, 0.6) is 5.75 Å². The second-order valence-corrected chi connectivity index (χ2v) is 9.21.